The van der Waals surface area contributed by atoms with E-state index < -0.39 is 35.0 Å². The number of rotatable bonds is 14. The van der Waals surface area contributed by atoms with Crippen LogP contribution in [0, 0.1) is 0 Å². The summed E-state index contributed by atoms with van der Waals surface area (Å²) in [5.74, 6) is -0.886. The van der Waals surface area contributed by atoms with Crippen molar-refractivity contribution in [3.8, 4) is 44.9 Å². The van der Waals surface area contributed by atoms with E-state index in [9.17, 15) is 9.60 Å². The number of hydrogen-bond acceptors (Lipinski definition) is 3. The summed E-state index contributed by atoms with van der Waals surface area (Å²) >= 11 is 0. The Balaban J connectivity index is 1.28. The van der Waals surface area contributed by atoms with E-state index in [0.29, 0.717) is 16.8 Å². The smallest absolute Gasteiger partial charge is 0.0708 e. The number of nitrogens with zero attached hydrogens (tertiary/aromatic N) is 3. The maximum absolute atomic E-state index is 9.96. The van der Waals surface area contributed by atoms with Crippen molar-refractivity contribution < 1.29 is 11.0 Å². The molecule has 0 saturated carbocycles. The Morgan fingerprint density at radius 1 is 0.492 bits per heavy atom. The lowest BCUT2D eigenvalue weighted by molar-refractivity contribution is 0.512. The summed E-state index contributed by atoms with van der Waals surface area (Å²) < 4.78 is 77.9. The summed E-state index contributed by atoms with van der Waals surface area (Å²) in [6.07, 6.45) is -0.679. The minimum atomic E-state index is -3.00. The summed E-state index contributed by atoms with van der Waals surface area (Å²) in [4.78, 5) is 14.3. The van der Waals surface area contributed by atoms with Gasteiger partial charge in [0.25, 0.3) is 0 Å². The van der Waals surface area contributed by atoms with Crippen molar-refractivity contribution in [1.29, 1.82) is 0 Å². The van der Waals surface area contributed by atoms with Gasteiger partial charge in [0.05, 0.1) is 21.2 Å². The highest BCUT2D eigenvalue weighted by Gasteiger charge is 2.25. The Morgan fingerprint density at radius 2 is 0.934 bits per heavy atom. The van der Waals surface area contributed by atoms with Crippen LogP contribution in [0.3, 0.4) is 0 Å². The first-order valence-corrected chi connectivity index (χ1v) is 20.9. The molecule has 3 nitrogen and oxygen atoms in total. The molecule has 0 amide bonds. The molecule has 0 saturated heterocycles. The maximum Gasteiger partial charge on any atom is 0.0708 e. The average molecular weight is 804 g/mol. The SMILES string of the molecule is [2H]c1c(CC(C)(C)c2ccc(-c3ccccc3)nc2)c([2H])c(C([2H])([2H])C([2H])([2H])c2cnc(-c3ccccc3)cc2-c2ccc(C([2H])(C)C)cc2)c([2H])c1CC(C)(C)c1ccc(-c2ccccc2)nc1. The number of benzene rings is 5. The largest absolute Gasteiger partial charge is 0.256 e. The molecule has 0 fully saturated rings. The van der Waals surface area contributed by atoms with E-state index in [0.717, 1.165) is 44.8 Å². The fourth-order valence-electron chi connectivity index (χ4n) is 7.73. The number of pyridine rings is 3. The van der Waals surface area contributed by atoms with Crippen LogP contribution in [-0.4, -0.2) is 15.0 Å². The summed E-state index contributed by atoms with van der Waals surface area (Å²) in [6, 6.07) is 45.3. The zero-order valence-electron chi connectivity index (χ0n) is 43.8. The molecule has 0 unspecified atom stereocenters. The van der Waals surface area contributed by atoms with Gasteiger partial charge in [-0.25, -0.2) is 0 Å². The van der Waals surface area contributed by atoms with Gasteiger partial charge in [-0.05, 0) is 111 Å². The van der Waals surface area contributed by atoms with E-state index >= 15 is 0 Å². The lowest BCUT2D eigenvalue weighted by atomic mass is 9.77. The second kappa shape index (κ2) is 18.0. The van der Waals surface area contributed by atoms with E-state index in [-0.39, 0.29) is 47.7 Å². The zero-order chi connectivity index (χ0) is 49.5. The molecule has 8 rings (SSSR count). The van der Waals surface area contributed by atoms with E-state index in [1.165, 1.54) is 6.20 Å². The van der Waals surface area contributed by atoms with Gasteiger partial charge >= 0.3 is 0 Å². The van der Waals surface area contributed by atoms with Gasteiger partial charge in [0, 0.05) is 42.1 Å². The highest BCUT2D eigenvalue weighted by Crippen LogP contribution is 2.35. The van der Waals surface area contributed by atoms with Gasteiger partial charge in [-0.1, -0.05) is 187 Å². The Morgan fingerprint density at radius 3 is 1.38 bits per heavy atom. The van der Waals surface area contributed by atoms with Gasteiger partial charge in [0.15, 0.2) is 0 Å². The van der Waals surface area contributed by atoms with Crippen molar-refractivity contribution in [2.45, 2.75) is 83.9 Å². The molecule has 0 bridgehead atoms. The molecule has 0 aliphatic rings. The summed E-state index contributed by atoms with van der Waals surface area (Å²) in [7, 11) is 0. The summed E-state index contributed by atoms with van der Waals surface area (Å²) in [5.41, 5.74) is 6.80. The van der Waals surface area contributed by atoms with Crippen LogP contribution in [0.2, 0.25) is 0 Å². The topological polar surface area (TPSA) is 38.7 Å². The second-order valence-corrected chi connectivity index (χ2v) is 17.2. The lowest BCUT2D eigenvalue weighted by Crippen LogP contribution is -2.23. The van der Waals surface area contributed by atoms with Crippen molar-refractivity contribution in [2.24, 2.45) is 0 Å². The van der Waals surface area contributed by atoms with Crippen LogP contribution in [0.1, 0.15) is 97.3 Å². The Bertz CT molecular complexity index is 2950. The summed E-state index contributed by atoms with van der Waals surface area (Å²) in [6.45, 7) is 11.6. The Kier molecular flexibility index (Phi) is 9.56. The van der Waals surface area contributed by atoms with Crippen LogP contribution in [0.4, 0.5) is 0 Å². The van der Waals surface area contributed by atoms with Crippen molar-refractivity contribution in [2.75, 3.05) is 0 Å². The van der Waals surface area contributed by atoms with Gasteiger partial charge < -0.3 is 0 Å². The molecule has 0 atom stereocenters. The van der Waals surface area contributed by atoms with Gasteiger partial charge in [-0.15, -0.1) is 0 Å². The lowest BCUT2D eigenvalue weighted by Gasteiger charge is -2.28. The second-order valence-electron chi connectivity index (χ2n) is 17.2. The highest BCUT2D eigenvalue weighted by atomic mass is 14.7. The zero-order valence-corrected chi connectivity index (χ0v) is 35.8. The molecule has 0 radical (unpaired) electrons. The predicted molar refractivity (Wildman–Crippen MR) is 256 cm³/mol. The molecule has 304 valence electrons. The number of aromatic nitrogens is 3. The van der Waals surface area contributed by atoms with Gasteiger partial charge in [-0.3, -0.25) is 15.0 Å². The Hall–Kier alpha value is -6.45. The normalized spacial score (nSPS) is 14.4. The first-order valence-electron chi connectivity index (χ1n) is 24.9. The molecule has 0 N–H and O–H groups in total. The number of aryl methyl sites for hydroxylation is 1. The first-order chi connectivity index (χ1) is 32.6. The molecule has 3 heteroatoms. The van der Waals surface area contributed by atoms with Crippen LogP contribution < -0.4 is 0 Å². The van der Waals surface area contributed by atoms with Crippen LogP contribution in [0.25, 0.3) is 44.9 Å². The molecule has 61 heavy (non-hydrogen) atoms. The van der Waals surface area contributed by atoms with Crippen LogP contribution in [0.5, 0.6) is 0 Å². The predicted octanol–water partition coefficient (Wildman–Crippen LogP) is 14.5. The third-order valence-electron chi connectivity index (χ3n) is 11.4. The van der Waals surface area contributed by atoms with Crippen LogP contribution in [0.15, 0.2) is 182 Å². The average Bonchev–Trinajstić information content (AvgIpc) is 3.34. The number of hydrogen-bond donors (Lipinski definition) is 0. The monoisotopic (exact) mass is 804 g/mol. The molecular weight excluding hydrogens is 739 g/mol. The van der Waals surface area contributed by atoms with E-state index in [1.807, 2.05) is 167 Å². The fourth-order valence-corrected chi connectivity index (χ4v) is 7.73. The fraction of sp³-hybridized carbons (Fsp3) is 0.224. The highest BCUT2D eigenvalue weighted by molar-refractivity contribution is 5.73. The van der Waals surface area contributed by atoms with E-state index in [4.69, 9.17) is 16.3 Å². The van der Waals surface area contributed by atoms with Crippen molar-refractivity contribution in [3.05, 3.63) is 221 Å². The molecule has 0 aliphatic heterocycles. The third kappa shape index (κ3) is 9.96. The minimum Gasteiger partial charge on any atom is -0.256 e. The summed E-state index contributed by atoms with van der Waals surface area (Å²) in [5, 5.41) is 0. The van der Waals surface area contributed by atoms with E-state index in [2.05, 4.69) is 0 Å². The molecule has 3 aromatic heterocycles. The van der Waals surface area contributed by atoms with Gasteiger partial charge in [0.1, 0.15) is 0 Å². The molecular formula is C58H57N3. The molecule has 0 aliphatic carbocycles. The van der Waals surface area contributed by atoms with Crippen molar-refractivity contribution >= 4 is 0 Å². The maximum atomic E-state index is 9.96. The Labute approximate surface area is 374 Å². The molecule has 5 aromatic carbocycles. The van der Waals surface area contributed by atoms with Crippen LogP contribution in [-0.2, 0) is 36.4 Å². The first kappa shape index (κ1) is 32.3. The third-order valence-corrected chi connectivity index (χ3v) is 11.4. The molecule has 3 heterocycles. The molecule has 0 spiro atoms. The van der Waals surface area contributed by atoms with E-state index in [1.54, 1.807) is 32.3 Å². The van der Waals surface area contributed by atoms with Crippen LogP contribution >= 0.6 is 0 Å². The molecule has 8 aromatic rings. The standard InChI is InChI=1S/C58H57N3/c1-41(2)45-24-26-46(27-25-45)53-35-56(49-20-14-9-15-21-49)59-38-50(53)23-22-42-32-43(36-57(3,4)51-28-30-54(60-39-51)47-16-10-7-11-17-47)34-44(33-42)37-58(5,6)52-29-31-55(61-40-52)48-18-12-8-13-19-48/h7-21,24-35,38-41H,22-23,36-37H2,1-6H3/i22D2,23D2,32D,33D,34D,41D. The quantitative estimate of drug-likeness (QED) is 0.110. The van der Waals surface area contributed by atoms with Crippen molar-refractivity contribution in [1.82, 2.24) is 15.0 Å². The van der Waals surface area contributed by atoms with Gasteiger partial charge in [-0.2, -0.15) is 0 Å². The minimum absolute atomic E-state index is 0.0408. The van der Waals surface area contributed by atoms with Crippen molar-refractivity contribution in [3.63, 3.8) is 0 Å². The van der Waals surface area contributed by atoms with Gasteiger partial charge in [0.2, 0.25) is 0 Å².